The summed E-state index contributed by atoms with van der Waals surface area (Å²) in [5.41, 5.74) is 2.37. The predicted octanol–water partition coefficient (Wildman–Crippen LogP) is 3.08. The van der Waals surface area contributed by atoms with Crippen molar-refractivity contribution in [1.29, 1.82) is 0 Å². The number of para-hydroxylation sites is 1. The first-order valence-corrected chi connectivity index (χ1v) is 8.07. The van der Waals surface area contributed by atoms with E-state index in [1.54, 1.807) is 11.3 Å². The number of hydrogen-bond acceptors (Lipinski definition) is 3. The summed E-state index contributed by atoms with van der Waals surface area (Å²) >= 11 is 1.80. The van der Waals surface area contributed by atoms with E-state index < -0.39 is 0 Å². The van der Waals surface area contributed by atoms with E-state index in [0.29, 0.717) is 6.54 Å². The summed E-state index contributed by atoms with van der Waals surface area (Å²) in [4.78, 5) is 19.1. The van der Waals surface area contributed by atoms with Gasteiger partial charge < -0.3 is 4.90 Å². The van der Waals surface area contributed by atoms with E-state index >= 15 is 0 Å². The summed E-state index contributed by atoms with van der Waals surface area (Å²) in [6, 6.07) is 12.5. The number of amides is 1. The van der Waals surface area contributed by atoms with Gasteiger partial charge in [0.1, 0.15) is 0 Å². The first-order valence-electron chi connectivity index (χ1n) is 7.25. The molecule has 0 fully saturated rings. The molecular weight excluding hydrogens is 280 g/mol. The molecule has 1 aliphatic heterocycles. The summed E-state index contributed by atoms with van der Waals surface area (Å²) in [6.45, 7) is 4.22. The SMILES string of the molecule is Cc1ccc(CN(C)CC(=O)N2CCc3ccccc32)s1. The number of hydrogen-bond donors (Lipinski definition) is 0. The fraction of sp³-hybridized carbons (Fsp3) is 0.353. The Kier molecular flexibility index (Phi) is 4.08. The van der Waals surface area contributed by atoms with Crippen LogP contribution in [0.5, 0.6) is 0 Å². The van der Waals surface area contributed by atoms with Gasteiger partial charge in [0.2, 0.25) is 5.91 Å². The maximum absolute atomic E-state index is 12.5. The van der Waals surface area contributed by atoms with Gasteiger partial charge in [-0.25, -0.2) is 0 Å². The van der Waals surface area contributed by atoms with Crippen LogP contribution in [-0.2, 0) is 17.8 Å². The van der Waals surface area contributed by atoms with Crippen LogP contribution >= 0.6 is 11.3 Å². The maximum Gasteiger partial charge on any atom is 0.241 e. The van der Waals surface area contributed by atoms with E-state index in [0.717, 1.165) is 25.2 Å². The highest BCUT2D eigenvalue weighted by molar-refractivity contribution is 7.11. The smallest absolute Gasteiger partial charge is 0.241 e. The molecule has 0 saturated carbocycles. The second-order valence-electron chi connectivity index (χ2n) is 5.61. The lowest BCUT2D eigenvalue weighted by Crippen LogP contribution is -2.37. The fourth-order valence-electron chi connectivity index (χ4n) is 2.81. The summed E-state index contributed by atoms with van der Waals surface area (Å²) in [5, 5.41) is 0. The molecule has 3 rings (SSSR count). The molecule has 0 atom stereocenters. The molecule has 0 bridgehead atoms. The highest BCUT2D eigenvalue weighted by Crippen LogP contribution is 2.27. The van der Waals surface area contributed by atoms with Crippen molar-refractivity contribution in [3.63, 3.8) is 0 Å². The normalized spacial score (nSPS) is 13.8. The Morgan fingerprint density at radius 3 is 2.86 bits per heavy atom. The number of likely N-dealkylation sites (N-methyl/N-ethyl adjacent to an activating group) is 1. The average molecular weight is 300 g/mol. The third-order valence-corrected chi connectivity index (χ3v) is 4.80. The molecule has 2 heterocycles. The first kappa shape index (κ1) is 14.3. The standard InChI is InChI=1S/C17H20N2OS/c1-13-7-8-15(21-13)11-18(2)12-17(20)19-10-9-14-5-3-4-6-16(14)19/h3-8H,9-12H2,1-2H3. The minimum atomic E-state index is 0.190. The molecule has 1 aromatic carbocycles. The molecule has 4 heteroatoms. The number of carbonyl (C=O) groups is 1. The Morgan fingerprint density at radius 1 is 1.29 bits per heavy atom. The number of aryl methyl sites for hydroxylation is 1. The van der Waals surface area contributed by atoms with Crippen LogP contribution in [0.4, 0.5) is 5.69 Å². The van der Waals surface area contributed by atoms with Gasteiger partial charge in [0, 0.05) is 28.5 Å². The van der Waals surface area contributed by atoms with Gasteiger partial charge in [0.05, 0.1) is 6.54 Å². The molecule has 0 radical (unpaired) electrons. The van der Waals surface area contributed by atoms with Crippen molar-refractivity contribution in [1.82, 2.24) is 4.90 Å². The Hall–Kier alpha value is -1.65. The minimum absolute atomic E-state index is 0.190. The lowest BCUT2D eigenvalue weighted by atomic mass is 10.2. The lowest BCUT2D eigenvalue weighted by Gasteiger charge is -2.21. The van der Waals surface area contributed by atoms with Gasteiger partial charge in [-0.15, -0.1) is 11.3 Å². The Balaban J connectivity index is 1.62. The first-order chi connectivity index (χ1) is 10.1. The number of anilines is 1. The van der Waals surface area contributed by atoms with Crippen molar-refractivity contribution >= 4 is 22.9 Å². The predicted molar refractivity (Wildman–Crippen MR) is 87.9 cm³/mol. The molecule has 2 aromatic rings. The number of carbonyl (C=O) groups excluding carboxylic acids is 1. The molecule has 3 nitrogen and oxygen atoms in total. The molecule has 0 saturated heterocycles. The number of nitrogens with zero attached hydrogens (tertiary/aromatic N) is 2. The molecule has 1 amide bonds. The van der Waals surface area contributed by atoms with Crippen LogP contribution in [0.15, 0.2) is 36.4 Å². The summed E-state index contributed by atoms with van der Waals surface area (Å²) in [5.74, 6) is 0.190. The maximum atomic E-state index is 12.5. The van der Waals surface area contributed by atoms with Gasteiger partial charge in [-0.1, -0.05) is 18.2 Å². The zero-order valence-electron chi connectivity index (χ0n) is 12.5. The van der Waals surface area contributed by atoms with E-state index in [1.807, 2.05) is 30.1 Å². The van der Waals surface area contributed by atoms with Gasteiger partial charge >= 0.3 is 0 Å². The second-order valence-corrected chi connectivity index (χ2v) is 6.98. The van der Waals surface area contributed by atoms with Crippen molar-refractivity contribution in [3.05, 3.63) is 51.7 Å². The van der Waals surface area contributed by atoms with Crippen LogP contribution < -0.4 is 4.90 Å². The van der Waals surface area contributed by atoms with E-state index in [-0.39, 0.29) is 5.91 Å². The number of thiophene rings is 1. The topological polar surface area (TPSA) is 23.6 Å². The molecule has 0 N–H and O–H groups in total. The average Bonchev–Trinajstić information content (AvgIpc) is 3.04. The lowest BCUT2D eigenvalue weighted by molar-refractivity contribution is -0.119. The zero-order chi connectivity index (χ0) is 14.8. The molecule has 21 heavy (non-hydrogen) atoms. The third kappa shape index (κ3) is 3.17. The highest BCUT2D eigenvalue weighted by atomic mass is 32.1. The van der Waals surface area contributed by atoms with Crippen LogP contribution in [0.2, 0.25) is 0 Å². The monoisotopic (exact) mass is 300 g/mol. The van der Waals surface area contributed by atoms with Crippen LogP contribution in [0.1, 0.15) is 15.3 Å². The van der Waals surface area contributed by atoms with Crippen LogP contribution in [0.3, 0.4) is 0 Å². The quantitative estimate of drug-likeness (QED) is 0.866. The fourth-order valence-corrected chi connectivity index (χ4v) is 3.78. The molecule has 1 aromatic heterocycles. The third-order valence-electron chi connectivity index (χ3n) is 3.82. The van der Waals surface area contributed by atoms with Crippen LogP contribution in [0.25, 0.3) is 0 Å². The molecule has 0 spiro atoms. The zero-order valence-corrected chi connectivity index (χ0v) is 13.3. The van der Waals surface area contributed by atoms with E-state index in [1.165, 1.54) is 15.3 Å². The van der Waals surface area contributed by atoms with Crippen molar-refractivity contribution in [2.24, 2.45) is 0 Å². The molecule has 0 aliphatic carbocycles. The van der Waals surface area contributed by atoms with Gasteiger partial charge in [-0.2, -0.15) is 0 Å². The minimum Gasteiger partial charge on any atom is -0.311 e. The Bertz CT molecular complexity index is 650. The van der Waals surface area contributed by atoms with Crippen molar-refractivity contribution in [3.8, 4) is 0 Å². The Labute approximate surface area is 129 Å². The number of rotatable bonds is 4. The van der Waals surface area contributed by atoms with E-state index in [9.17, 15) is 4.79 Å². The summed E-state index contributed by atoms with van der Waals surface area (Å²) in [7, 11) is 2.01. The van der Waals surface area contributed by atoms with E-state index in [2.05, 4.69) is 30.0 Å². The second kappa shape index (κ2) is 6.00. The van der Waals surface area contributed by atoms with Gasteiger partial charge in [-0.05, 0) is 44.2 Å². The van der Waals surface area contributed by atoms with Crippen molar-refractivity contribution in [2.45, 2.75) is 19.9 Å². The van der Waals surface area contributed by atoms with Gasteiger partial charge in [-0.3, -0.25) is 9.69 Å². The molecule has 0 unspecified atom stereocenters. The molecule has 110 valence electrons. The highest BCUT2D eigenvalue weighted by Gasteiger charge is 2.24. The Morgan fingerprint density at radius 2 is 2.10 bits per heavy atom. The van der Waals surface area contributed by atoms with Crippen LogP contribution in [-0.4, -0.2) is 30.9 Å². The van der Waals surface area contributed by atoms with Gasteiger partial charge in [0.15, 0.2) is 0 Å². The summed E-state index contributed by atoms with van der Waals surface area (Å²) in [6.07, 6.45) is 0.968. The molecule has 1 aliphatic rings. The van der Waals surface area contributed by atoms with Crippen molar-refractivity contribution in [2.75, 3.05) is 25.0 Å². The summed E-state index contributed by atoms with van der Waals surface area (Å²) < 4.78 is 0. The largest absolute Gasteiger partial charge is 0.311 e. The molecular formula is C17H20N2OS. The van der Waals surface area contributed by atoms with Crippen LogP contribution in [0, 0.1) is 6.92 Å². The number of fused-ring (bicyclic) bond motifs is 1. The van der Waals surface area contributed by atoms with E-state index in [4.69, 9.17) is 0 Å². The number of benzene rings is 1. The van der Waals surface area contributed by atoms with Crippen molar-refractivity contribution < 1.29 is 4.79 Å². The van der Waals surface area contributed by atoms with Gasteiger partial charge in [0.25, 0.3) is 0 Å².